The van der Waals surface area contributed by atoms with Crippen LogP contribution in [0.5, 0.6) is 0 Å². The van der Waals surface area contributed by atoms with Crippen molar-refractivity contribution in [1.29, 1.82) is 5.26 Å². The van der Waals surface area contributed by atoms with Gasteiger partial charge >= 0.3 is 0 Å². The molecule has 19 heavy (non-hydrogen) atoms. The molecule has 1 aromatic rings. The fraction of sp³-hybridized carbons (Fsp3) is 0.667. The first-order valence-electron chi connectivity index (χ1n) is 7.17. The summed E-state index contributed by atoms with van der Waals surface area (Å²) < 4.78 is 2.10. The van der Waals surface area contributed by atoms with Gasteiger partial charge in [-0.15, -0.1) is 0 Å². The minimum atomic E-state index is 0.500. The average Bonchev–Trinajstić information content (AvgIpc) is 2.64. The number of nitrogens with two attached hydrogens (primary N) is 1. The van der Waals surface area contributed by atoms with Crippen LogP contribution in [0.1, 0.15) is 39.3 Å². The number of hydrogen-bond donors (Lipinski definition) is 1. The largest absolute Gasteiger partial charge is 0.396 e. The van der Waals surface area contributed by atoms with E-state index in [1.807, 2.05) is 6.07 Å². The maximum atomic E-state index is 9.27. The van der Waals surface area contributed by atoms with Crippen LogP contribution in [0.2, 0.25) is 0 Å². The van der Waals surface area contributed by atoms with Crippen molar-refractivity contribution in [3.05, 3.63) is 11.8 Å². The molecule has 2 rings (SSSR count). The first kappa shape index (κ1) is 13.8. The average molecular weight is 260 g/mol. The molecule has 4 heteroatoms. The molecule has 0 saturated carbocycles. The predicted molar refractivity (Wildman–Crippen MR) is 79.0 cm³/mol. The van der Waals surface area contributed by atoms with Gasteiger partial charge in [0.1, 0.15) is 17.6 Å². The number of rotatable bonds is 3. The molecule has 1 fully saturated rings. The highest BCUT2D eigenvalue weighted by molar-refractivity contribution is 5.68. The summed E-state index contributed by atoms with van der Waals surface area (Å²) in [5.74, 6) is 2.25. The van der Waals surface area contributed by atoms with Crippen LogP contribution < -0.4 is 10.6 Å². The lowest BCUT2D eigenvalue weighted by Crippen LogP contribution is -2.36. The molecule has 1 aliphatic rings. The number of nitrogens with zero attached hydrogens (tertiary/aromatic N) is 3. The molecular formula is C15H24N4. The van der Waals surface area contributed by atoms with Crippen LogP contribution in [0.3, 0.4) is 0 Å². The highest BCUT2D eigenvalue weighted by Gasteiger charge is 2.23. The van der Waals surface area contributed by atoms with Crippen LogP contribution in [-0.4, -0.2) is 17.7 Å². The Balaban J connectivity index is 2.37. The van der Waals surface area contributed by atoms with Crippen LogP contribution in [0.15, 0.2) is 6.07 Å². The van der Waals surface area contributed by atoms with Gasteiger partial charge in [0.05, 0.1) is 5.69 Å². The Kier molecular flexibility index (Phi) is 4.04. The van der Waals surface area contributed by atoms with Gasteiger partial charge in [0.2, 0.25) is 0 Å². The fourth-order valence-electron chi connectivity index (χ4n) is 2.94. The molecule has 1 saturated heterocycles. The van der Waals surface area contributed by atoms with Gasteiger partial charge in [-0.1, -0.05) is 20.8 Å². The van der Waals surface area contributed by atoms with E-state index in [0.717, 1.165) is 31.1 Å². The lowest BCUT2D eigenvalue weighted by molar-refractivity contribution is 0.434. The summed E-state index contributed by atoms with van der Waals surface area (Å²) in [6.07, 6.45) is 2.49. The van der Waals surface area contributed by atoms with Gasteiger partial charge in [0.15, 0.2) is 0 Å². The summed E-state index contributed by atoms with van der Waals surface area (Å²) in [6, 6.07) is 4.09. The topological polar surface area (TPSA) is 58.0 Å². The maximum absolute atomic E-state index is 9.27. The molecule has 0 aromatic carbocycles. The zero-order chi connectivity index (χ0) is 14.0. The number of piperidine rings is 1. The van der Waals surface area contributed by atoms with Gasteiger partial charge in [-0.05, 0) is 30.7 Å². The standard InChI is InChI=1S/C15H24N4/c1-11(2)9-19-13(8-16)7-14(17)15(19)18-6-4-5-12(3)10-18/h7,11-12H,4-6,9-10,17H2,1-3H3/t12-/m0/s1. The summed E-state index contributed by atoms with van der Waals surface area (Å²) in [5.41, 5.74) is 7.58. The molecule has 0 radical (unpaired) electrons. The van der Waals surface area contributed by atoms with Gasteiger partial charge in [-0.2, -0.15) is 5.26 Å². The van der Waals surface area contributed by atoms with Crippen molar-refractivity contribution in [2.75, 3.05) is 23.7 Å². The Morgan fingerprint density at radius 1 is 1.53 bits per heavy atom. The zero-order valence-electron chi connectivity index (χ0n) is 12.2. The molecular weight excluding hydrogens is 236 g/mol. The minimum Gasteiger partial charge on any atom is -0.396 e. The second kappa shape index (κ2) is 5.56. The molecule has 0 aliphatic carbocycles. The van der Waals surface area contributed by atoms with Gasteiger partial charge < -0.3 is 15.2 Å². The molecule has 0 bridgehead atoms. The summed E-state index contributed by atoms with van der Waals surface area (Å²) in [5, 5.41) is 9.27. The summed E-state index contributed by atoms with van der Waals surface area (Å²) in [4.78, 5) is 2.35. The van der Waals surface area contributed by atoms with Crippen LogP contribution in [0.25, 0.3) is 0 Å². The monoisotopic (exact) mass is 260 g/mol. The number of nitrogen functional groups attached to an aromatic ring is 1. The highest BCUT2D eigenvalue weighted by Crippen LogP contribution is 2.32. The summed E-state index contributed by atoms with van der Waals surface area (Å²) >= 11 is 0. The molecule has 0 spiro atoms. The van der Waals surface area contributed by atoms with Crippen molar-refractivity contribution >= 4 is 11.5 Å². The van der Waals surface area contributed by atoms with E-state index in [-0.39, 0.29) is 0 Å². The van der Waals surface area contributed by atoms with Crippen LogP contribution in [0, 0.1) is 23.2 Å². The predicted octanol–water partition coefficient (Wildman–Crippen LogP) is 2.83. The van der Waals surface area contributed by atoms with Crippen molar-refractivity contribution in [1.82, 2.24) is 4.57 Å². The zero-order valence-corrected chi connectivity index (χ0v) is 12.2. The Morgan fingerprint density at radius 3 is 2.84 bits per heavy atom. The van der Waals surface area contributed by atoms with Crippen molar-refractivity contribution in [2.24, 2.45) is 11.8 Å². The lowest BCUT2D eigenvalue weighted by atomic mass is 10.0. The van der Waals surface area contributed by atoms with E-state index in [4.69, 9.17) is 5.73 Å². The molecule has 0 amide bonds. The normalized spacial score (nSPS) is 19.7. The number of nitriles is 1. The Hall–Kier alpha value is -1.63. The van der Waals surface area contributed by atoms with E-state index in [1.54, 1.807) is 0 Å². The van der Waals surface area contributed by atoms with E-state index < -0.39 is 0 Å². The SMILES string of the molecule is CC(C)Cn1c(C#N)cc(N)c1N1CCC[C@H](C)C1. The third-order valence-corrected chi connectivity index (χ3v) is 3.72. The smallest absolute Gasteiger partial charge is 0.133 e. The number of hydrogen-bond acceptors (Lipinski definition) is 3. The number of anilines is 2. The van der Waals surface area contributed by atoms with E-state index >= 15 is 0 Å². The summed E-state index contributed by atoms with van der Waals surface area (Å²) in [6.45, 7) is 9.54. The van der Waals surface area contributed by atoms with Crippen molar-refractivity contribution in [2.45, 2.75) is 40.2 Å². The number of aromatic nitrogens is 1. The molecule has 0 unspecified atom stereocenters. The third kappa shape index (κ3) is 2.86. The summed E-state index contributed by atoms with van der Waals surface area (Å²) in [7, 11) is 0. The first-order valence-corrected chi connectivity index (χ1v) is 7.17. The quantitative estimate of drug-likeness (QED) is 0.909. The van der Waals surface area contributed by atoms with Crippen LogP contribution in [0.4, 0.5) is 11.5 Å². The Labute approximate surface area is 115 Å². The molecule has 2 heterocycles. The molecule has 1 aromatic heterocycles. The van der Waals surface area contributed by atoms with Gasteiger partial charge in [0.25, 0.3) is 0 Å². The first-order chi connectivity index (χ1) is 9.02. The van der Waals surface area contributed by atoms with Gasteiger partial charge in [-0.25, -0.2) is 0 Å². The fourth-order valence-corrected chi connectivity index (χ4v) is 2.94. The molecule has 1 atom stereocenters. The molecule has 2 N–H and O–H groups in total. The van der Waals surface area contributed by atoms with E-state index in [0.29, 0.717) is 17.5 Å². The Morgan fingerprint density at radius 2 is 2.26 bits per heavy atom. The van der Waals surface area contributed by atoms with Gasteiger partial charge in [0, 0.05) is 19.6 Å². The maximum Gasteiger partial charge on any atom is 0.133 e. The molecule has 104 valence electrons. The second-order valence-electron chi connectivity index (χ2n) is 6.12. The molecule has 4 nitrogen and oxygen atoms in total. The van der Waals surface area contributed by atoms with Crippen LogP contribution in [-0.2, 0) is 6.54 Å². The van der Waals surface area contributed by atoms with E-state index in [2.05, 4.69) is 36.3 Å². The van der Waals surface area contributed by atoms with Crippen molar-refractivity contribution in [3.63, 3.8) is 0 Å². The van der Waals surface area contributed by atoms with Crippen molar-refractivity contribution < 1.29 is 0 Å². The Bertz CT molecular complexity index is 481. The minimum absolute atomic E-state index is 0.500. The van der Waals surface area contributed by atoms with E-state index in [1.165, 1.54) is 12.8 Å². The highest BCUT2D eigenvalue weighted by atomic mass is 15.3. The van der Waals surface area contributed by atoms with E-state index in [9.17, 15) is 5.26 Å². The lowest BCUT2D eigenvalue weighted by Gasteiger charge is -2.34. The third-order valence-electron chi connectivity index (χ3n) is 3.72. The van der Waals surface area contributed by atoms with Crippen molar-refractivity contribution in [3.8, 4) is 6.07 Å². The van der Waals surface area contributed by atoms with Gasteiger partial charge in [-0.3, -0.25) is 0 Å². The molecule has 1 aliphatic heterocycles. The van der Waals surface area contributed by atoms with Crippen LogP contribution >= 0.6 is 0 Å². The second-order valence-corrected chi connectivity index (χ2v) is 6.12.